The predicted octanol–water partition coefficient (Wildman–Crippen LogP) is 6.73. The van der Waals surface area contributed by atoms with Gasteiger partial charge in [-0.25, -0.2) is 22.2 Å². The smallest absolute Gasteiger partial charge is 0.262 e. The number of pyridine rings is 2. The van der Waals surface area contributed by atoms with Gasteiger partial charge in [0, 0.05) is 62.2 Å². The third-order valence-corrected chi connectivity index (χ3v) is 11.2. The molecule has 1 N–H and O–H groups in total. The van der Waals surface area contributed by atoms with Crippen molar-refractivity contribution < 1.29 is 26.7 Å². The molecule has 254 valence electrons. The topological polar surface area (TPSA) is 105 Å². The fourth-order valence-corrected chi connectivity index (χ4v) is 7.98. The van der Waals surface area contributed by atoms with Crippen molar-refractivity contribution in [3.05, 3.63) is 72.1 Å². The summed E-state index contributed by atoms with van der Waals surface area (Å²) in [6.45, 7) is 3.37. The van der Waals surface area contributed by atoms with Crippen LogP contribution in [0.3, 0.4) is 0 Å². The largest absolute Gasteiger partial charge is 0.476 e. The van der Waals surface area contributed by atoms with E-state index in [-0.39, 0.29) is 54.2 Å². The molecular formula is C35H38ClF2N5O4S. The lowest BCUT2D eigenvalue weighted by molar-refractivity contribution is -0.125. The lowest BCUT2D eigenvalue weighted by Gasteiger charge is -2.37. The van der Waals surface area contributed by atoms with Crippen molar-refractivity contribution in [1.29, 1.82) is 0 Å². The lowest BCUT2D eigenvalue weighted by Crippen LogP contribution is -2.43. The molecule has 1 saturated heterocycles. The predicted molar refractivity (Wildman–Crippen MR) is 184 cm³/mol. The van der Waals surface area contributed by atoms with Crippen molar-refractivity contribution >= 4 is 50.6 Å². The van der Waals surface area contributed by atoms with Crippen molar-refractivity contribution in [2.75, 3.05) is 42.9 Å². The maximum Gasteiger partial charge on any atom is 0.262 e. The van der Waals surface area contributed by atoms with Crippen LogP contribution in [-0.4, -0.2) is 68.4 Å². The van der Waals surface area contributed by atoms with E-state index in [0.717, 1.165) is 52.5 Å². The molecular weight excluding hydrogens is 660 g/mol. The number of nitrogens with one attached hydrogen (secondary N) is 1. The summed E-state index contributed by atoms with van der Waals surface area (Å²) >= 11 is 0. The molecule has 0 radical (unpaired) electrons. The molecule has 3 aliphatic rings. The number of anilines is 2. The molecule has 13 heteroatoms. The van der Waals surface area contributed by atoms with Gasteiger partial charge in [0.1, 0.15) is 5.69 Å². The number of fused-ring (bicyclic) bond motifs is 4. The van der Waals surface area contributed by atoms with E-state index < -0.39 is 21.4 Å². The van der Waals surface area contributed by atoms with Gasteiger partial charge in [-0.3, -0.25) is 14.5 Å². The number of halogens is 3. The Morgan fingerprint density at radius 2 is 1.69 bits per heavy atom. The van der Waals surface area contributed by atoms with Crippen LogP contribution in [0.4, 0.5) is 20.2 Å². The van der Waals surface area contributed by atoms with E-state index >= 15 is 0 Å². The number of hydrogen-bond acceptors (Lipinski definition) is 7. The summed E-state index contributed by atoms with van der Waals surface area (Å²) in [5.41, 5.74) is 4.66. The Morgan fingerprint density at radius 3 is 2.38 bits per heavy atom. The summed E-state index contributed by atoms with van der Waals surface area (Å²) in [5, 5.41) is 0.898. The number of piperidine rings is 1. The van der Waals surface area contributed by atoms with Crippen LogP contribution < -0.4 is 14.4 Å². The monoisotopic (exact) mass is 697 g/mol. The van der Waals surface area contributed by atoms with Gasteiger partial charge in [-0.1, -0.05) is 30.2 Å². The molecule has 1 aliphatic carbocycles. The van der Waals surface area contributed by atoms with Crippen molar-refractivity contribution in [2.24, 2.45) is 0 Å². The highest BCUT2D eigenvalue weighted by Crippen LogP contribution is 2.55. The molecule has 1 amide bonds. The molecule has 2 aromatic heterocycles. The van der Waals surface area contributed by atoms with Gasteiger partial charge in [0.15, 0.2) is 0 Å². The molecule has 4 heterocycles. The molecule has 0 unspecified atom stereocenters. The molecule has 2 fully saturated rings. The van der Waals surface area contributed by atoms with Gasteiger partial charge in [-0.15, -0.1) is 12.4 Å². The van der Waals surface area contributed by atoms with Crippen molar-refractivity contribution in [2.45, 2.75) is 61.7 Å². The van der Waals surface area contributed by atoms with Gasteiger partial charge < -0.3 is 14.5 Å². The van der Waals surface area contributed by atoms with E-state index in [1.807, 2.05) is 30.0 Å². The average molecular weight is 698 g/mol. The third kappa shape index (κ3) is 6.21. The lowest BCUT2D eigenvalue weighted by atomic mass is 9.64. The van der Waals surface area contributed by atoms with Crippen LogP contribution >= 0.6 is 12.4 Å². The zero-order valence-corrected chi connectivity index (χ0v) is 28.5. The number of carbonyl (C=O) groups excluding carboxylic acids is 1. The summed E-state index contributed by atoms with van der Waals surface area (Å²) in [6.07, 6.45) is 6.27. The van der Waals surface area contributed by atoms with E-state index in [0.29, 0.717) is 31.6 Å². The molecule has 1 saturated carbocycles. The Hall–Kier alpha value is -3.87. The Bertz CT molecular complexity index is 1960. The number of hydrogen-bond donors (Lipinski definition) is 1. The van der Waals surface area contributed by atoms with E-state index in [9.17, 15) is 22.0 Å². The van der Waals surface area contributed by atoms with Crippen molar-refractivity contribution in [1.82, 2.24) is 14.9 Å². The highest BCUT2D eigenvalue weighted by atomic mass is 35.5. The summed E-state index contributed by atoms with van der Waals surface area (Å²) in [4.78, 5) is 26.3. The first-order chi connectivity index (χ1) is 22.5. The molecule has 9 nitrogen and oxygen atoms in total. The highest BCUT2D eigenvalue weighted by Gasteiger charge is 2.54. The van der Waals surface area contributed by atoms with Gasteiger partial charge in [0.2, 0.25) is 11.8 Å². The van der Waals surface area contributed by atoms with E-state index in [1.165, 1.54) is 0 Å². The minimum absolute atomic E-state index is 0. The molecule has 2 aromatic carbocycles. The quantitative estimate of drug-likeness (QED) is 0.194. The summed E-state index contributed by atoms with van der Waals surface area (Å²) < 4.78 is 62.7. The average Bonchev–Trinajstić information content (AvgIpc) is 3.27. The highest BCUT2D eigenvalue weighted by molar-refractivity contribution is 7.92. The molecule has 1 spiro atoms. The molecule has 0 bridgehead atoms. The number of ether oxygens (including phenoxy) is 1. The number of likely N-dealkylation sites (N-methyl/N-ethyl adjacent to an activating group) is 1. The van der Waals surface area contributed by atoms with Crippen LogP contribution in [0.5, 0.6) is 5.88 Å². The van der Waals surface area contributed by atoms with Crippen molar-refractivity contribution in [3.63, 3.8) is 0 Å². The van der Waals surface area contributed by atoms with Gasteiger partial charge in [0.05, 0.1) is 34.3 Å². The summed E-state index contributed by atoms with van der Waals surface area (Å²) in [6, 6.07) is 14.1. The molecule has 4 aromatic rings. The number of nitrogens with zero attached hydrogens (tertiary/aromatic N) is 4. The molecule has 0 atom stereocenters. The van der Waals surface area contributed by atoms with Gasteiger partial charge >= 0.3 is 0 Å². The number of aromatic nitrogens is 2. The summed E-state index contributed by atoms with van der Waals surface area (Å²) in [7, 11) is -2.18. The zero-order valence-electron chi connectivity index (χ0n) is 26.8. The maximum absolute atomic E-state index is 13.5. The SMILES string of the molecule is Cc1ccc(S(=O)(=O)Nc2cc(-c3ccc4ncc5c(c4c3)C3(CCC3)C(=O)N5C)cnc2OCCCN2CCC(F)(F)CC2)cc1.Cl. The second-order valence-electron chi connectivity index (χ2n) is 12.9. The van der Waals surface area contributed by atoms with Crippen LogP contribution in [0.2, 0.25) is 0 Å². The third-order valence-electron chi connectivity index (χ3n) is 9.81. The maximum atomic E-state index is 13.5. The summed E-state index contributed by atoms with van der Waals surface area (Å²) in [5.74, 6) is -2.37. The van der Waals surface area contributed by atoms with Gasteiger partial charge in [-0.2, -0.15) is 0 Å². The number of rotatable bonds is 9. The van der Waals surface area contributed by atoms with Crippen LogP contribution in [-0.2, 0) is 20.2 Å². The Labute approximate surface area is 285 Å². The van der Waals surface area contributed by atoms with E-state index in [4.69, 9.17) is 4.74 Å². The van der Waals surface area contributed by atoms with E-state index in [2.05, 4.69) is 14.7 Å². The first-order valence-electron chi connectivity index (χ1n) is 16.0. The van der Waals surface area contributed by atoms with Crippen molar-refractivity contribution in [3.8, 4) is 17.0 Å². The van der Waals surface area contributed by atoms with Crippen LogP contribution in [0.25, 0.3) is 22.0 Å². The fraction of sp³-hybridized carbons (Fsp3) is 0.400. The first kappa shape index (κ1) is 34.0. The number of carbonyl (C=O) groups is 1. The van der Waals surface area contributed by atoms with Gasteiger partial charge in [-0.05, 0) is 62.1 Å². The molecule has 2 aliphatic heterocycles. The second kappa shape index (κ2) is 12.9. The molecule has 7 rings (SSSR count). The van der Waals surface area contributed by atoms with Crippen LogP contribution in [0.15, 0.2) is 65.8 Å². The standard InChI is InChI=1S/C35H37F2N5O4S.ClH/c1-23-5-8-26(9-6-23)47(44,45)40-29-20-25(21-39-32(29)46-18-4-15-42-16-13-35(36,37)14-17-42)24-7-10-28-27(19-24)31-30(22-38-28)41(2)33(43)34(31)11-3-12-34;/h5-10,19-22,40H,3-4,11-18H2,1-2H3;1H. The normalized spacial score (nSPS) is 18.3. The second-order valence-corrected chi connectivity index (χ2v) is 14.6. The number of alkyl halides is 2. The minimum atomic E-state index is -3.98. The van der Waals surface area contributed by atoms with Crippen LogP contribution in [0, 0.1) is 6.92 Å². The minimum Gasteiger partial charge on any atom is -0.476 e. The number of likely N-dealkylation sites (tertiary alicyclic amines) is 1. The number of sulfonamides is 1. The molecule has 48 heavy (non-hydrogen) atoms. The fourth-order valence-electron chi connectivity index (χ4n) is 6.93. The zero-order chi connectivity index (χ0) is 33.0. The Kier molecular flexibility index (Phi) is 9.12. The van der Waals surface area contributed by atoms with E-state index in [1.54, 1.807) is 54.7 Å². The van der Waals surface area contributed by atoms with Gasteiger partial charge in [0.25, 0.3) is 15.9 Å². The Balaban J connectivity index is 0.00000401. The first-order valence-corrected chi connectivity index (χ1v) is 17.5. The Morgan fingerprint density at radius 1 is 0.958 bits per heavy atom. The van der Waals surface area contributed by atoms with Crippen LogP contribution in [0.1, 0.15) is 49.7 Å². The number of benzene rings is 2. The number of amides is 1. The number of aryl methyl sites for hydroxylation is 1.